The number of benzene rings is 2. The van der Waals surface area contributed by atoms with Crippen LogP contribution in [0.3, 0.4) is 0 Å². The fraction of sp³-hybridized carbons (Fsp3) is 0.250. The zero-order valence-electron chi connectivity index (χ0n) is 11.0. The summed E-state index contributed by atoms with van der Waals surface area (Å²) in [7, 11) is 0. The van der Waals surface area contributed by atoms with Crippen LogP contribution in [-0.4, -0.2) is 11.1 Å². The Morgan fingerprint density at radius 3 is 2.16 bits per heavy atom. The van der Waals surface area contributed by atoms with Crippen LogP contribution in [0.2, 0.25) is 0 Å². The van der Waals surface area contributed by atoms with Crippen LogP contribution in [0.4, 0.5) is 0 Å². The smallest absolute Gasteiger partial charge is 0.119 e. The second-order valence-electron chi connectivity index (χ2n) is 4.78. The standard InChI is InChI=1S/C16H19NO2/c1-12(17)10-13-4-8-16(9-5-13)19-11-14-2-6-15(18)7-3-14/h2-9,12,18H,10-11,17H2,1H3. The number of aromatic hydroxyl groups is 1. The number of rotatable bonds is 5. The molecule has 0 amide bonds. The summed E-state index contributed by atoms with van der Waals surface area (Å²) in [4.78, 5) is 0. The van der Waals surface area contributed by atoms with E-state index in [0.29, 0.717) is 6.61 Å². The molecule has 3 nitrogen and oxygen atoms in total. The van der Waals surface area contributed by atoms with Gasteiger partial charge in [0.15, 0.2) is 0 Å². The van der Waals surface area contributed by atoms with Crippen molar-refractivity contribution in [1.82, 2.24) is 0 Å². The van der Waals surface area contributed by atoms with Crippen molar-refractivity contribution in [3.8, 4) is 11.5 Å². The van der Waals surface area contributed by atoms with Gasteiger partial charge in [-0.3, -0.25) is 0 Å². The Hall–Kier alpha value is -2.00. The van der Waals surface area contributed by atoms with E-state index in [4.69, 9.17) is 10.5 Å². The summed E-state index contributed by atoms with van der Waals surface area (Å²) in [5.74, 6) is 1.10. The van der Waals surface area contributed by atoms with Gasteiger partial charge in [0.2, 0.25) is 0 Å². The summed E-state index contributed by atoms with van der Waals surface area (Å²) < 4.78 is 5.68. The maximum Gasteiger partial charge on any atom is 0.119 e. The lowest BCUT2D eigenvalue weighted by Gasteiger charge is -2.08. The van der Waals surface area contributed by atoms with Crippen LogP contribution in [0.1, 0.15) is 18.1 Å². The number of ether oxygens (including phenoxy) is 1. The molecule has 0 bridgehead atoms. The van der Waals surface area contributed by atoms with Crippen molar-refractivity contribution < 1.29 is 9.84 Å². The number of hydrogen-bond donors (Lipinski definition) is 2. The molecule has 0 aromatic heterocycles. The Balaban J connectivity index is 1.91. The summed E-state index contributed by atoms with van der Waals surface area (Å²) >= 11 is 0. The molecule has 2 rings (SSSR count). The minimum atomic E-state index is 0.170. The van der Waals surface area contributed by atoms with Crippen molar-refractivity contribution in [2.45, 2.75) is 26.0 Å². The lowest BCUT2D eigenvalue weighted by Crippen LogP contribution is -2.17. The maximum atomic E-state index is 9.19. The van der Waals surface area contributed by atoms with Gasteiger partial charge >= 0.3 is 0 Å². The highest BCUT2D eigenvalue weighted by molar-refractivity contribution is 5.29. The summed E-state index contributed by atoms with van der Waals surface area (Å²) in [5, 5.41) is 9.19. The molecule has 0 spiro atoms. The van der Waals surface area contributed by atoms with Crippen LogP contribution < -0.4 is 10.5 Å². The predicted octanol–water partition coefficient (Wildman–Crippen LogP) is 2.86. The van der Waals surface area contributed by atoms with E-state index < -0.39 is 0 Å². The predicted molar refractivity (Wildman–Crippen MR) is 76.2 cm³/mol. The molecule has 100 valence electrons. The molecule has 0 radical (unpaired) electrons. The minimum Gasteiger partial charge on any atom is -0.508 e. The maximum absolute atomic E-state index is 9.19. The molecule has 1 atom stereocenters. The second kappa shape index (κ2) is 6.25. The van der Waals surface area contributed by atoms with Gasteiger partial charge in [-0.15, -0.1) is 0 Å². The van der Waals surface area contributed by atoms with E-state index >= 15 is 0 Å². The highest BCUT2D eigenvalue weighted by Crippen LogP contribution is 2.16. The summed E-state index contributed by atoms with van der Waals surface area (Å²) in [6.45, 7) is 2.49. The molecule has 19 heavy (non-hydrogen) atoms. The zero-order chi connectivity index (χ0) is 13.7. The Labute approximate surface area is 113 Å². The lowest BCUT2D eigenvalue weighted by molar-refractivity contribution is 0.306. The van der Waals surface area contributed by atoms with Gasteiger partial charge in [0.1, 0.15) is 18.1 Å². The molecule has 0 aliphatic carbocycles. The molecule has 0 heterocycles. The first-order chi connectivity index (χ1) is 9.13. The minimum absolute atomic E-state index is 0.170. The molecule has 0 aliphatic rings. The number of phenols is 1. The van der Waals surface area contributed by atoms with E-state index in [0.717, 1.165) is 17.7 Å². The van der Waals surface area contributed by atoms with Crippen molar-refractivity contribution in [2.75, 3.05) is 0 Å². The average molecular weight is 257 g/mol. The first kappa shape index (κ1) is 13.4. The average Bonchev–Trinajstić information content (AvgIpc) is 2.39. The number of phenolic OH excluding ortho intramolecular Hbond substituents is 1. The summed E-state index contributed by atoms with van der Waals surface area (Å²) in [6.07, 6.45) is 0.873. The van der Waals surface area contributed by atoms with Gasteiger partial charge in [-0.2, -0.15) is 0 Å². The van der Waals surface area contributed by atoms with Gasteiger partial charge < -0.3 is 15.6 Å². The van der Waals surface area contributed by atoms with Crippen LogP contribution in [0, 0.1) is 0 Å². The van der Waals surface area contributed by atoms with Crippen molar-refractivity contribution in [3.63, 3.8) is 0 Å². The van der Waals surface area contributed by atoms with E-state index in [1.807, 2.05) is 43.3 Å². The first-order valence-electron chi connectivity index (χ1n) is 6.39. The van der Waals surface area contributed by atoms with E-state index in [-0.39, 0.29) is 11.8 Å². The van der Waals surface area contributed by atoms with Gasteiger partial charge in [-0.05, 0) is 48.7 Å². The van der Waals surface area contributed by atoms with Gasteiger partial charge in [0, 0.05) is 6.04 Å². The van der Waals surface area contributed by atoms with Crippen LogP contribution in [0.15, 0.2) is 48.5 Å². The Bertz CT molecular complexity index is 503. The van der Waals surface area contributed by atoms with Crippen molar-refractivity contribution >= 4 is 0 Å². The first-order valence-corrected chi connectivity index (χ1v) is 6.39. The molecule has 0 aliphatic heterocycles. The Kier molecular flexibility index (Phi) is 4.42. The third-order valence-electron chi connectivity index (χ3n) is 2.82. The second-order valence-corrected chi connectivity index (χ2v) is 4.78. The van der Waals surface area contributed by atoms with E-state index in [2.05, 4.69) is 0 Å². The third-order valence-corrected chi connectivity index (χ3v) is 2.82. The lowest BCUT2D eigenvalue weighted by atomic mass is 10.1. The molecule has 2 aromatic rings. The number of nitrogens with two attached hydrogens (primary N) is 1. The fourth-order valence-corrected chi connectivity index (χ4v) is 1.85. The molecular weight excluding hydrogens is 238 g/mol. The molecule has 0 saturated heterocycles. The largest absolute Gasteiger partial charge is 0.508 e. The Morgan fingerprint density at radius 2 is 1.58 bits per heavy atom. The molecule has 3 N–H and O–H groups in total. The molecule has 2 aromatic carbocycles. The van der Waals surface area contributed by atoms with Crippen LogP contribution in [-0.2, 0) is 13.0 Å². The Morgan fingerprint density at radius 1 is 1.00 bits per heavy atom. The van der Waals surface area contributed by atoms with Crippen molar-refractivity contribution in [1.29, 1.82) is 0 Å². The molecule has 0 fully saturated rings. The normalized spacial score (nSPS) is 12.1. The van der Waals surface area contributed by atoms with Crippen molar-refractivity contribution in [3.05, 3.63) is 59.7 Å². The topological polar surface area (TPSA) is 55.5 Å². The molecule has 1 unspecified atom stereocenters. The third kappa shape index (κ3) is 4.30. The molecule has 3 heteroatoms. The SMILES string of the molecule is CC(N)Cc1ccc(OCc2ccc(O)cc2)cc1. The van der Waals surface area contributed by atoms with E-state index in [1.165, 1.54) is 5.56 Å². The van der Waals surface area contributed by atoms with Gasteiger partial charge in [-0.25, -0.2) is 0 Å². The van der Waals surface area contributed by atoms with Crippen LogP contribution >= 0.6 is 0 Å². The van der Waals surface area contributed by atoms with Gasteiger partial charge in [0.05, 0.1) is 0 Å². The fourth-order valence-electron chi connectivity index (χ4n) is 1.85. The van der Waals surface area contributed by atoms with Gasteiger partial charge in [-0.1, -0.05) is 24.3 Å². The highest BCUT2D eigenvalue weighted by Gasteiger charge is 2.00. The van der Waals surface area contributed by atoms with Gasteiger partial charge in [0.25, 0.3) is 0 Å². The van der Waals surface area contributed by atoms with Crippen molar-refractivity contribution in [2.24, 2.45) is 5.73 Å². The molecular formula is C16H19NO2. The van der Waals surface area contributed by atoms with E-state index in [9.17, 15) is 5.11 Å². The zero-order valence-corrected chi connectivity index (χ0v) is 11.0. The summed E-state index contributed by atoms with van der Waals surface area (Å²) in [5.41, 5.74) is 8.00. The quantitative estimate of drug-likeness (QED) is 0.866. The summed E-state index contributed by atoms with van der Waals surface area (Å²) in [6, 6.07) is 15.2. The monoisotopic (exact) mass is 257 g/mol. The number of hydrogen-bond acceptors (Lipinski definition) is 3. The molecule has 0 saturated carbocycles. The van der Waals surface area contributed by atoms with Crippen LogP contribution in [0.5, 0.6) is 11.5 Å². The highest BCUT2D eigenvalue weighted by atomic mass is 16.5. The van der Waals surface area contributed by atoms with Crippen LogP contribution in [0.25, 0.3) is 0 Å². The van der Waals surface area contributed by atoms with E-state index in [1.54, 1.807) is 12.1 Å².